The van der Waals surface area contributed by atoms with Crippen molar-refractivity contribution in [3.05, 3.63) is 119 Å². The van der Waals surface area contributed by atoms with Gasteiger partial charge in [0.2, 0.25) is 0 Å². The molecule has 0 aliphatic heterocycles. The number of allylic oxidation sites excluding steroid dienone is 2. The van der Waals surface area contributed by atoms with Crippen molar-refractivity contribution in [3.63, 3.8) is 0 Å². The Bertz CT molecular complexity index is 2260. The van der Waals surface area contributed by atoms with Crippen LogP contribution in [0.2, 0.25) is 0 Å². The van der Waals surface area contributed by atoms with Crippen LogP contribution in [0.3, 0.4) is 0 Å². The van der Waals surface area contributed by atoms with Gasteiger partial charge in [0.25, 0.3) is 0 Å². The molecule has 0 amide bonds. The number of rotatable bonds is 10. The van der Waals surface area contributed by atoms with Crippen LogP contribution in [0.25, 0.3) is 33.3 Å². The molecule has 1 unspecified atom stereocenters. The van der Waals surface area contributed by atoms with Gasteiger partial charge in [0.05, 0.1) is 22.4 Å². The molecule has 3 aromatic carbocycles. The Morgan fingerprint density at radius 1 is 0.788 bits per heavy atom. The molecule has 0 bridgehead atoms. The van der Waals surface area contributed by atoms with Crippen molar-refractivity contribution in [2.24, 2.45) is 23.7 Å². The zero-order chi connectivity index (χ0) is 36.8. The average Bonchev–Trinajstić information content (AvgIpc) is 3.57. The lowest BCUT2D eigenvalue weighted by Gasteiger charge is -2.33. The molecule has 5 nitrogen and oxygen atoms in total. The van der Waals surface area contributed by atoms with E-state index in [1.165, 1.54) is 45.2 Å². The first-order chi connectivity index (χ1) is 24.9. The zero-order valence-electron chi connectivity index (χ0n) is 32.9. The third-order valence-corrected chi connectivity index (χ3v) is 10.9. The molecule has 270 valence electrons. The van der Waals surface area contributed by atoms with E-state index in [0.717, 1.165) is 52.6 Å². The van der Waals surface area contributed by atoms with Crippen molar-refractivity contribution in [2.75, 3.05) is 0 Å². The molecule has 0 radical (unpaired) electrons. The number of benzene rings is 3. The van der Waals surface area contributed by atoms with Gasteiger partial charge >= 0.3 is 0 Å². The van der Waals surface area contributed by atoms with Crippen LogP contribution in [0.4, 0.5) is 0 Å². The lowest BCUT2D eigenvalue weighted by molar-refractivity contribution is 0.388. The third kappa shape index (κ3) is 6.95. The smallest absolute Gasteiger partial charge is 0.137 e. The average molecular weight is 693 g/mol. The molecule has 0 saturated heterocycles. The molecule has 0 saturated carbocycles. The van der Waals surface area contributed by atoms with Gasteiger partial charge in [-0.1, -0.05) is 85.2 Å². The number of aryl methyl sites for hydroxylation is 1. The van der Waals surface area contributed by atoms with E-state index in [2.05, 4.69) is 157 Å². The Labute approximate surface area is 310 Å². The van der Waals surface area contributed by atoms with Crippen molar-refractivity contribution in [3.8, 4) is 23.0 Å². The molecule has 0 N–H and O–H groups in total. The summed E-state index contributed by atoms with van der Waals surface area (Å²) in [5, 5.41) is 7.70. The molecule has 1 aliphatic rings. The lowest BCUT2D eigenvalue weighted by atomic mass is 9.72. The first kappa shape index (κ1) is 35.7. The molecule has 3 aromatic heterocycles. The molecule has 6 aromatic rings. The van der Waals surface area contributed by atoms with E-state index in [1.807, 2.05) is 6.20 Å². The molecule has 52 heavy (non-hydrogen) atoms. The summed E-state index contributed by atoms with van der Waals surface area (Å²) in [5.41, 5.74) is 11.2. The topological polar surface area (TPSA) is 44.9 Å². The number of fused-ring (bicyclic) bond motifs is 3. The minimum atomic E-state index is 0.325. The predicted molar refractivity (Wildman–Crippen MR) is 218 cm³/mol. The Balaban J connectivity index is 1.34. The van der Waals surface area contributed by atoms with Crippen LogP contribution in [0, 0.1) is 30.6 Å². The van der Waals surface area contributed by atoms with Gasteiger partial charge in [-0.3, -0.25) is 4.57 Å². The van der Waals surface area contributed by atoms with Gasteiger partial charge in [-0.05, 0) is 116 Å². The number of pyridine rings is 1. The highest BCUT2D eigenvalue weighted by molar-refractivity contribution is 6.09. The maximum Gasteiger partial charge on any atom is 0.137 e. The van der Waals surface area contributed by atoms with E-state index in [-0.39, 0.29) is 0 Å². The van der Waals surface area contributed by atoms with Crippen molar-refractivity contribution in [2.45, 2.75) is 100 Å². The standard InChI is InChI=1S/C47H56N4O/c1-28(2)19-35-17-18-48-45(23-35)50-42-14-12-11-13-40(42)41-16-15-38(27-43(41)50)52-39-25-36(30(5)6)24-37(26-39)51-44(20-29(3)4)47(34(10)49-51)46-32(8)21-31(7)22-33(46)9/h11-18,21,23-31,33,46H,19-20,22H2,1-10H3/t31-,33-,46?/m0/s1. The van der Waals surface area contributed by atoms with E-state index >= 15 is 0 Å². The van der Waals surface area contributed by atoms with E-state index in [1.54, 1.807) is 0 Å². The van der Waals surface area contributed by atoms with Crippen LogP contribution in [-0.2, 0) is 12.8 Å². The highest BCUT2D eigenvalue weighted by atomic mass is 16.5. The third-order valence-electron chi connectivity index (χ3n) is 10.9. The Hall–Kier alpha value is -4.64. The maximum absolute atomic E-state index is 6.84. The molecule has 0 spiro atoms. The fraction of sp³-hybridized carbons (Fsp3) is 0.404. The van der Waals surface area contributed by atoms with Crippen molar-refractivity contribution in [1.82, 2.24) is 19.3 Å². The number of nitrogens with zero attached hydrogens (tertiary/aromatic N) is 4. The maximum atomic E-state index is 6.84. The number of hydrogen-bond acceptors (Lipinski definition) is 3. The van der Waals surface area contributed by atoms with Gasteiger partial charge in [-0.25, -0.2) is 9.67 Å². The summed E-state index contributed by atoms with van der Waals surface area (Å²) in [6.45, 7) is 23.0. The summed E-state index contributed by atoms with van der Waals surface area (Å²) in [7, 11) is 0. The van der Waals surface area contributed by atoms with Gasteiger partial charge in [0.1, 0.15) is 17.3 Å². The summed E-state index contributed by atoms with van der Waals surface area (Å²) < 4.78 is 11.4. The second kappa shape index (κ2) is 14.4. The van der Waals surface area contributed by atoms with Crippen LogP contribution >= 0.6 is 0 Å². The second-order valence-electron chi connectivity index (χ2n) is 16.7. The molecule has 1 aliphatic carbocycles. The molecule has 3 heterocycles. The van der Waals surface area contributed by atoms with Gasteiger partial charge in [-0.15, -0.1) is 0 Å². The van der Waals surface area contributed by atoms with Gasteiger partial charge in [0.15, 0.2) is 0 Å². The molecular formula is C47H56N4O. The normalized spacial score (nSPS) is 17.9. The number of aromatic nitrogens is 4. The number of ether oxygens (including phenoxy) is 1. The Kier molecular flexibility index (Phi) is 9.91. The number of para-hydroxylation sites is 1. The highest BCUT2D eigenvalue weighted by Gasteiger charge is 2.33. The quantitative estimate of drug-likeness (QED) is 0.134. The van der Waals surface area contributed by atoms with E-state index in [4.69, 9.17) is 14.8 Å². The summed E-state index contributed by atoms with van der Waals surface area (Å²) >= 11 is 0. The largest absolute Gasteiger partial charge is 0.457 e. The van der Waals surface area contributed by atoms with Gasteiger partial charge in [-0.2, -0.15) is 5.10 Å². The first-order valence-corrected chi connectivity index (χ1v) is 19.5. The fourth-order valence-corrected chi connectivity index (χ4v) is 8.79. The summed E-state index contributed by atoms with van der Waals surface area (Å²) in [4.78, 5) is 4.87. The lowest BCUT2D eigenvalue weighted by Crippen LogP contribution is -2.21. The highest BCUT2D eigenvalue weighted by Crippen LogP contribution is 2.44. The minimum Gasteiger partial charge on any atom is -0.457 e. The summed E-state index contributed by atoms with van der Waals surface area (Å²) in [6, 6.07) is 26.1. The Morgan fingerprint density at radius 3 is 2.27 bits per heavy atom. The summed E-state index contributed by atoms with van der Waals surface area (Å²) in [5.74, 6) is 5.52. The summed E-state index contributed by atoms with van der Waals surface area (Å²) in [6.07, 6.45) is 7.62. The van der Waals surface area contributed by atoms with E-state index < -0.39 is 0 Å². The second-order valence-corrected chi connectivity index (χ2v) is 16.7. The van der Waals surface area contributed by atoms with E-state index in [9.17, 15) is 0 Å². The monoisotopic (exact) mass is 692 g/mol. The van der Waals surface area contributed by atoms with Crippen LogP contribution in [0.5, 0.6) is 11.5 Å². The van der Waals surface area contributed by atoms with Crippen molar-refractivity contribution >= 4 is 21.8 Å². The van der Waals surface area contributed by atoms with Crippen molar-refractivity contribution in [1.29, 1.82) is 0 Å². The zero-order valence-corrected chi connectivity index (χ0v) is 32.9. The van der Waals surface area contributed by atoms with E-state index in [0.29, 0.717) is 35.5 Å². The molecule has 0 fully saturated rings. The predicted octanol–water partition coefficient (Wildman–Crippen LogP) is 12.7. The molecule has 7 rings (SSSR count). The van der Waals surface area contributed by atoms with Crippen LogP contribution in [0.15, 0.2) is 90.6 Å². The molecule has 3 atom stereocenters. The number of hydrogen-bond donors (Lipinski definition) is 0. The van der Waals surface area contributed by atoms with Crippen LogP contribution < -0.4 is 4.74 Å². The SMILES string of the molecule is CC1=C[C@H](C)C[C@H](C)C1c1c(C)nn(-c2cc(Oc3ccc4c5ccccc5n(-c5cc(CC(C)C)ccn5)c4c3)cc(C(C)C)c2)c1CC(C)C. The van der Waals surface area contributed by atoms with Crippen LogP contribution in [-0.4, -0.2) is 19.3 Å². The van der Waals surface area contributed by atoms with Crippen molar-refractivity contribution < 1.29 is 4.74 Å². The van der Waals surface area contributed by atoms with Gasteiger partial charge < -0.3 is 4.74 Å². The molecular weight excluding hydrogens is 637 g/mol. The van der Waals surface area contributed by atoms with Gasteiger partial charge in [0, 0.05) is 46.3 Å². The fourth-order valence-electron chi connectivity index (χ4n) is 8.79. The first-order valence-electron chi connectivity index (χ1n) is 19.5. The minimum absolute atomic E-state index is 0.325. The molecule has 5 heteroatoms. The van der Waals surface area contributed by atoms with Crippen LogP contribution in [0.1, 0.15) is 109 Å². The Morgan fingerprint density at radius 2 is 1.54 bits per heavy atom.